The lowest BCUT2D eigenvalue weighted by atomic mass is 10.1. The van der Waals surface area contributed by atoms with Gasteiger partial charge in [-0.15, -0.1) is 0 Å². The first-order valence-electron chi connectivity index (χ1n) is 6.37. The summed E-state index contributed by atoms with van der Waals surface area (Å²) in [5.41, 5.74) is 1.16. The highest BCUT2D eigenvalue weighted by atomic mass is 32.2. The first-order valence-corrected chi connectivity index (χ1v) is 8.13. The van der Waals surface area contributed by atoms with E-state index in [1.807, 2.05) is 37.3 Å². The molecule has 0 saturated heterocycles. The standard InChI is InChI=1S/C14H12N4OS2/c1-2-20-14-17-21-13-16-12(19)10(11(15)18(13)14)8-9-6-4-3-5-7-9/h3-8,15H,2H2,1H3. The van der Waals surface area contributed by atoms with Crippen LogP contribution in [0.15, 0.2) is 45.3 Å². The minimum Gasteiger partial charge on any atom is -0.283 e. The minimum absolute atomic E-state index is 0.138. The lowest BCUT2D eigenvalue weighted by Gasteiger charge is -2.24. The number of amides is 1. The highest BCUT2D eigenvalue weighted by Crippen LogP contribution is 2.31. The van der Waals surface area contributed by atoms with E-state index in [1.54, 1.807) is 11.0 Å². The van der Waals surface area contributed by atoms with Crippen LogP contribution in [0.2, 0.25) is 0 Å². The van der Waals surface area contributed by atoms with Gasteiger partial charge in [0.25, 0.3) is 5.91 Å². The molecule has 2 heterocycles. The van der Waals surface area contributed by atoms with E-state index in [0.717, 1.165) is 23.3 Å². The molecule has 0 saturated carbocycles. The van der Waals surface area contributed by atoms with Crippen LogP contribution in [0.4, 0.5) is 0 Å². The van der Waals surface area contributed by atoms with Crippen molar-refractivity contribution in [3.05, 3.63) is 41.5 Å². The predicted molar refractivity (Wildman–Crippen MR) is 89.6 cm³/mol. The van der Waals surface area contributed by atoms with Gasteiger partial charge in [-0.2, -0.15) is 9.39 Å². The van der Waals surface area contributed by atoms with Crippen LogP contribution in [0, 0.1) is 5.41 Å². The SMILES string of the molecule is CCSC1=NSC2=NC(=O)C(=Cc3ccccc3)C(=N)N12. The van der Waals surface area contributed by atoms with Gasteiger partial charge in [0.15, 0.2) is 5.17 Å². The first kappa shape index (κ1) is 14.1. The number of hydrogen-bond acceptors (Lipinski definition) is 5. The molecular formula is C14H12N4OS2. The Morgan fingerprint density at radius 1 is 1.38 bits per heavy atom. The molecule has 0 fully saturated rings. The third-order valence-corrected chi connectivity index (χ3v) is 4.52. The van der Waals surface area contributed by atoms with Crippen molar-refractivity contribution in [3.8, 4) is 0 Å². The van der Waals surface area contributed by atoms with E-state index in [1.165, 1.54) is 11.8 Å². The topological polar surface area (TPSA) is 68.9 Å². The lowest BCUT2D eigenvalue weighted by Crippen LogP contribution is -2.41. The third kappa shape index (κ3) is 2.66. The number of fused-ring (bicyclic) bond motifs is 1. The number of aliphatic imine (C=N–C) groups is 1. The summed E-state index contributed by atoms with van der Waals surface area (Å²) in [7, 11) is 0. The van der Waals surface area contributed by atoms with Crippen LogP contribution in [0.5, 0.6) is 0 Å². The summed E-state index contributed by atoms with van der Waals surface area (Å²) in [4.78, 5) is 17.8. The summed E-state index contributed by atoms with van der Waals surface area (Å²) in [5, 5.41) is 9.48. The summed E-state index contributed by atoms with van der Waals surface area (Å²) in [6, 6.07) is 9.47. The smallest absolute Gasteiger partial charge is 0.283 e. The van der Waals surface area contributed by atoms with E-state index < -0.39 is 0 Å². The van der Waals surface area contributed by atoms with Crippen LogP contribution < -0.4 is 0 Å². The lowest BCUT2D eigenvalue weighted by molar-refractivity contribution is -0.114. The molecule has 5 nitrogen and oxygen atoms in total. The number of thioether (sulfide) groups is 1. The number of carbonyl (C=O) groups excluding carboxylic acids is 1. The monoisotopic (exact) mass is 316 g/mol. The average Bonchev–Trinajstić information content (AvgIpc) is 2.88. The quantitative estimate of drug-likeness (QED) is 0.672. The Labute approximate surface area is 130 Å². The average molecular weight is 316 g/mol. The van der Waals surface area contributed by atoms with Crippen molar-refractivity contribution in [2.45, 2.75) is 6.92 Å². The van der Waals surface area contributed by atoms with Crippen molar-refractivity contribution in [2.24, 2.45) is 9.39 Å². The van der Waals surface area contributed by atoms with Gasteiger partial charge in [0.05, 0.1) is 17.5 Å². The maximum absolute atomic E-state index is 12.1. The second-order valence-electron chi connectivity index (χ2n) is 4.25. The Hall–Kier alpha value is -1.86. The molecule has 1 amide bonds. The third-order valence-electron chi connectivity index (χ3n) is 2.88. The Balaban J connectivity index is 1.98. The fraction of sp³-hybridized carbons (Fsp3) is 0.143. The van der Waals surface area contributed by atoms with Gasteiger partial charge in [-0.25, -0.2) is 4.90 Å². The highest BCUT2D eigenvalue weighted by Gasteiger charge is 2.37. The summed E-state index contributed by atoms with van der Waals surface area (Å²) < 4.78 is 4.27. The van der Waals surface area contributed by atoms with E-state index in [9.17, 15) is 4.79 Å². The molecule has 0 aromatic heterocycles. The Kier molecular flexibility index (Phi) is 3.94. The van der Waals surface area contributed by atoms with Gasteiger partial charge in [-0.05, 0) is 17.4 Å². The summed E-state index contributed by atoms with van der Waals surface area (Å²) in [6.45, 7) is 2.02. The number of hydrogen-bond donors (Lipinski definition) is 1. The number of nitrogens with one attached hydrogen (secondary N) is 1. The fourth-order valence-electron chi connectivity index (χ4n) is 1.94. The van der Waals surface area contributed by atoms with Gasteiger partial charge in [0.2, 0.25) is 5.17 Å². The number of rotatable bonds is 2. The van der Waals surface area contributed by atoms with Crippen molar-refractivity contribution in [2.75, 3.05) is 5.75 Å². The van der Waals surface area contributed by atoms with Gasteiger partial charge in [-0.1, -0.05) is 49.0 Å². The molecule has 106 valence electrons. The molecule has 0 unspecified atom stereocenters. The molecule has 0 spiro atoms. The van der Waals surface area contributed by atoms with Gasteiger partial charge in [-0.3, -0.25) is 10.2 Å². The highest BCUT2D eigenvalue weighted by molar-refractivity contribution is 8.19. The first-order chi connectivity index (χ1) is 10.2. The second kappa shape index (κ2) is 5.87. The van der Waals surface area contributed by atoms with Crippen molar-refractivity contribution in [3.63, 3.8) is 0 Å². The molecule has 0 aliphatic carbocycles. The van der Waals surface area contributed by atoms with Crippen LogP contribution >= 0.6 is 23.7 Å². The normalized spacial score (nSPS) is 19.7. The second-order valence-corrected chi connectivity index (χ2v) is 6.21. The largest absolute Gasteiger partial charge is 0.283 e. The molecule has 0 atom stereocenters. The van der Waals surface area contributed by atoms with Crippen molar-refractivity contribution in [1.82, 2.24) is 4.90 Å². The number of carbonyl (C=O) groups is 1. The maximum atomic E-state index is 12.1. The summed E-state index contributed by atoms with van der Waals surface area (Å²) in [5.74, 6) is 0.599. The molecule has 0 radical (unpaired) electrons. The molecule has 7 heteroatoms. The zero-order valence-corrected chi connectivity index (χ0v) is 12.9. The molecular weight excluding hydrogens is 304 g/mol. The van der Waals surface area contributed by atoms with E-state index >= 15 is 0 Å². The zero-order valence-electron chi connectivity index (χ0n) is 11.2. The number of amidine groups is 3. The minimum atomic E-state index is -0.388. The van der Waals surface area contributed by atoms with Crippen molar-refractivity contribution in [1.29, 1.82) is 5.41 Å². The van der Waals surface area contributed by atoms with Crippen LogP contribution in [0.1, 0.15) is 12.5 Å². The molecule has 1 aromatic rings. The van der Waals surface area contributed by atoms with Crippen LogP contribution in [0.25, 0.3) is 6.08 Å². The van der Waals surface area contributed by atoms with Crippen LogP contribution in [-0.2, 0) is 4.79 Å². The predicted octanol–water partition coefficient (Wildman–Crippen LogP) is 3.02. The van der Waals surface area contributed by atoms with E-state index in [0.29, 0.717) is 10.3 Å². The summed E-state index contributed by atoms with van der Waals surface area (Å²) >= 11 is 2.68. The van der Waals surface area contributed by atoms with Crippen LogP contribution in [-0.4, -0.2) is 32.7 Å². The van der Waals surface area contributed by atoms with Gasteiger partial charge >= 0.3 is 0 Å². The summed E-state index contributed by atoms with van der Waals surface area (Å²) in [6.07, 6.45) is 1.70. The van der Waals surface area contributed by atoms with Crippen molar-refractivity contribution >= 4 is 51.9 Å². The molecule has 2 aliphatic heterocycles. The maximum Gasteiger partial charge on any atom is 0.283 e. The van der Waals surface area contributed by atoms with Crippen LogP contribution in [0.3, 0.4) is 0 Å². The molecule has 1 aromatic carbocycles. The van der Waals surface area contributed by atoms with Crippen molar-refractivity contribution < 1.29 is 4.79 Å². The van der Waals surface area contributed by atoms with Gasteiger partial charge in [0, 0.05) is 0 Å². The molecule has 3 rings (SSSR count). The van der Waals surface area contributed by atoms with Gasteiger partial charge < -0.3 is 0 Å². The Morgan fingerprint density at radius 3 is 2.86 bits per heavy atom. The van der Waals surface area contributed by atoms with E-state index in [-0.39, 0.29) is 17.3 Å². The molecule has 0 bridgehead atoms. The number of benzene rings is 1. The molecule has 2 aliphatic rings. The van der Waals surface area contributed by atoms with Gasteiger partial charge in [0.1, 0.15) is 5.84 Å². The van der Waals surface area contributed by atoms with E-state index in [2.05, 4.69) is 9.39 Å². The Morgan fingerprint density at radius 2 is 2.14 bits per heavy atom. The number of nitrogens with zero attached hydrogens (tertiary/aromatic N) is 3. The fourth-order valence-corrected chi connectivity index (χ4v) is 3.51. The zero-order chi connectivity index (χ0) is 14.8. The molecule has 1 N–H and O–H groups in total. The van der Waals surface area contributed by atoms with E-state index in [4.69, 9.17) is 5.41 Å². The Bertz CT molecular complexity index is 694. The molecule has 21 heavy (non-hydrogen) atoms.